The SMILES string of the molecule is O=C(Cn1cnc2ccccc2c1=O)NC(Cn1nccn1)c1ccccc1. The van der Waals surface area contributed by atoms with Gasteiger partial charge in [0, 0.05) is 0 Å². The highest BCUT2D eigenvalue weighted by Gasteiger charge is 2.17. The molecule has 2 heterocycles. The second kappa shape index (κ2) is 7.83. The molecule has 0 spiro atoms. The van der Waals surface area contributed by atoms with Crippen LogP contribution in [-0.2, 0) is 17.9 Å². The third-order valence-electron chi connectivity index (χ3n) is 4.40. The monoisotopic (exact) mass is 374 g/mol. The quantitative estimate of drug-likeness (QED) is 0.552. The molecular formula is C20H18N6O2. The normalized spacial score (nSPS) is 12.0. The second-order valence-corrected chi connectivity index (χ2v) is 6.31. The zero-order valence-electron chi connectivity index (χ0n) is 15.0. The molecule has 0 fully saturated rings. The van der Waals surface area contributed by atoms with E-state index in [-0.39, 0.29) is 24.1 Å². The highest BCUT2D eigenvalue weighted by Crippen LogP contribution is 2.14. The Morgan fingerprint density at radius 2 is 1.71 bits per heavy atom. The van der Waals surface area contributed by atoms with Gasteiger partial charge < -0.3 is 5.32 Å². The molecule has 2 aromatic heterocycles. The number of hydrogen-bond donors (Lipinski definition) is 1. The lowest BCUT2D eigenvalue weighted by Crippen LogP contribution is -2.36. The van der Waals surface area contributed by atoms with Gasteiger partial charge in [0.2, 0.25) is 5.91 Å². The molecule has 8 heteroatoms. The smallest absolute Gasteiger partial charge is 0.261 e. The molecule has 1 unspecified atom stereocenters. The maximum atomic E-state index is 12.7. The molecule has 1 atom stereocenters. The summed E-state index contributed by atoms with van der Waals surface area (Å²) in [6.07, 6.45) is 4.57. The maximum Gasteiger partial charge on any atom is 0.261 e. The van der Waals surface area contributed by atoms with E-state index in [0.29, 0.717) is 17.4 Å². The molecule has 4 aromatic rings. The minimum absolute atomic E-state index is 0.119. The van der Waals surface area contributed by atoms with Crippen LogP contribution in [0.25, 0.3) is 10.9 Å². The number of amides is 1. The Hall–Kier alpha value is -3.81. The van der Waals surface area contributed by atoms with Gasteiger partial charge in [0.15, 0.2) is 0 Å². The van der Waals surface area contributed by atoms with Crippen LogP contribution in [0.1, 0.15) is 11.6 Å². The number of benzene rings is 2. The van der Waals surface area contributed by atoms with E-state index in [9.17, 15) is 9.59 Å². The average Bonchev–Trinajstić information content (AvgIpc) is 3.24. The lowest BCUT2D eigenvalue weighted by atomic mass is 10.1. The molecule has 8 nitrogen and oxygen atoms in total. The lowest BCUT2D eigenvalue weighted by molar-refractivity contribution is -0.122. The van der Waals surface area contributed by atoms with Crippen molar-refractivity contribution in [2.45, 2.75) is 19.1 Å². The van der Waals surface area contributed by atoms with Crippen LogP contribution in [0.3, 0.4) is 0 Å². The van der Waals surface area contributed by atoms with Gasteiger partial charge in [-0.25, -0.2) is 4.98 Å². The highest BCUT2D eigenvalue weighted by atomic mass is 16.2. The topological polar surface area (TPSA) is 94.7 Å². The van der Waals surface area contributed by atoms with E-state index in [0.717, 1.165) is 5.56 Å². The van der Waals surface area contributed by atoms with Crippen LogP contribution in [0.5, 0.6) is 0 Å². The van der Waals surface area contributed by atoms with Crippen molar-refractivity contribution in [2.75, 3.05) is 0 Å². The average molecular weight is 374 g/mol. The van der Waals surface area contributed by atoms with Crippen LogP contribution in [0.4, 0.5) is 0 Å². The summed E-state index contributed by atoms with van der Waals surface area (Å²) in [5.74, 6) is -0.291. The van der Waals surface area contributed by atoms with Crippen molar-refractivity contribution in [1.82, 2.24) is 29.9 Å². The van der Waals surface area contributed by atoms with Crippen molar-refractivity contribution in [2.24, 2.45) is 0 Å². The molecule has 0 radical (unpaired) electrons. The summed E-state index contributed by atoms with van der Waals surface area (Å²) < 4.78 is 1.31. The largest absolute Gasteiger partial charge is 0.346 e. The standard InChI is InChI=1S/C20H18N6O2/c27-19(13-25-14-21-17-9-5-4-8-16(17)20(25)28)24-18(12-26-22-10-11-23-26)15-6-2-1-3-7-15/h1-11,14,18H,12-13H2,(H,24,27). The summed E-state index contributed by atoms with van der Waals surface area (Å²) >= 11 is 0. The second-order valence-electron chi connectivity index (χ2n) is 6.31. The van der Waals surface area contributed by atoms with Gasteiger partial charge in [0.25, 0.3) is 5.56 Å². The fourth-order valence-electron chi connectivity index (χ4n) is 3.03. The summed E-state index contributed by atoms with van der Waals surface area (Å²) in [6.45, 7) is 0.264. The van der Waals surface area contributed by atoms with E-state index >= 15 is 0 Å². The third kappa shape index (κ3) is 3.80. The fraction of sp³-hybridized carbons (Fsp3) is 0.150. The van der Waals surface area contributed by atoms with Crippen molar-refractivity contribution in [3.8, 4) is 0 Å². The Morgan fingerprint density at radius 1 is 1.00 bits per heavy atom. The number of carbonyl (C=O) groups is 1. The molecule has 28 heavy (non-hydrogen) atoms. The number of carbonyl (C=O) groups excluding carboxylic acids is 1. The van der Waals surface area contributed by atoms with Crippen LogP contribution in [0.2, 0.25) is 0 Å². The highest BCUT2D eigenvalue weighted by molar-refractivity contribution is 5.79. The number of nitrogens with zero attached hydrogens (tertiary/aromatic N) is 5. The van der Waals surface area contributed by atoms with E-state index in [1.807, 2.05) is 36.4 Å². The van der Waals surface area contributed by atoms with E-state index in [1.165, 1.54) is 15.7 Å². The molecule has 4 rings (SSSR count). The summed E-state index contributed by atoms with van der Waals surface area (Å²) in [5.41, 5.74) is 1.29. The molecule has 0 aliphatic carbocycles. The molecule has 1 N–H and O–H groups in total. The molecule has 0 saturated heterocycles. The number of para-hydroxylation sites is 1. The first-order chi connectivity index (χ1) is 13.7. The van der Waals surface area contributed by atoms with Crippen molar-refractivity contribution in [3.05, 3.63) is 89.2 Å². The Kier molecular flexibility index (Phi) is 4.92. The maximum absolute atomic E-state index is 12.7. The summed E-state index contributed by atoms with van der Waals surface area (Å²) in [7, 11) is 0. The van der Waals surface area contributed by atoms with Crippen molar-refractivity contribution >= 4 is 16.8 Å². The number of nitrogens with one attached hydrogen (secondary N) is 1. The van der Waals surface area contributed by atoms with E-state index in [1.54, 1.807) is 30.6 Å². The molecule has 1 amide bonds. The van der Waals surface area contributed by atoms with Crippen molar-refractivity contribution in [3.63, 3.8) is 0 Å². The van der Waals surface area contributed by atoms with E-state index < -0.39 is 0 Å². The molecule has 2 aromatic carbocycles. The van der Waals surface area contributed by atoms with Gasteiger partial charge in [-0.2, -0.15) is 15.0 Å². The Labute approximate surface area is 160 Å². The summed E-state index contributed by atoms with van der Waals surface area (Å²) in [6, 6.07) is 16.3. The van der Waals surface area contributed by atoms with Crippen molar-refractivity contribution in [1.29, 1.82) is 0 Å². The Balaban J connectivity index is 1.55. The third-order valence-corrected chi connectivity index (χ3v) is 4.40. The lowest BCUT2D eigenvalue weighted by Gasteiger charge is -2.19. The van der Waals surface area contributed by atoms with Crippen molar-refractivity contribution < 1.29 is 4.79 Å². The van der Waals surface area contributed by atoms with Gasteiger partial charge in [-0.15, -0.1) is 0 Å². The molecule has 0 bridgehead atoms. The van der Waals surface area contributed by atoms with Crippen LogP contribution in [-0.4, -0.2) is 30.5 Å². The van der Waals surface area contributed by atoms with Gasteiger partial charge in [0.1, 0.15) is 6.54 Å². The molecule has 0 aliphatic heterocycles. The zero-order chi connectivity index (χ0) is 19.3. The van der Waals surface area contributed by atoms with Crippen LogP contribution >= 0.6 is 0 Å². The first-order valence-corrected chi connectivity index (χ1v) is 8.83. The minimum atomic E-state index is -0.329. The predicted molar refractivity (Wildman–Crippen MR) is 103 cm³/mol. The van der Waals surface area contributed by atoms with E-state index in [2.05, 4.69) is 20.5 Å². The first kappa shape index (κ1) is 17.6. The number of hydrogen-bond acceptors (Lipinski definition) is 5. The predicted octanol–water partition coefficient (Wildman–Crippen LogP) is 1.55. The Morgan fingerprint density at radius 3 is 2.50 bits per heavy atom. The first-order valence-electron chi connectivity index (χ1n) is 8.83. The zero-order valence-corrected chi connectivity index (χ0v) is 15.0. The van der Waals surface area contributed by atoms with Crippen LogP contribution < -0.4 is 10.9 Å². The van der Waals surface area contributed by atoms with Crippen LogP contribution in [0.15, 0.2) is 78.1 Å². The molecule has 0 saturated carbocycles. The fourth-order valence-corrected chi connectivity index (χ4v) is 3.03. The molecular weight excluding hydrogens is 356 g/mol. The van der Waals surface area contributed by atoms with Gasteiger partial charge in [-0.1, -0.05) is 42.5 Å². The number of aromatic nitrogens is 5. The molecule has 140 valence electrons. The Bertz CT molecular complexity index is 1140. The number of fused-ring (bicyclic) bond motifs is 1. The minimum Gasteiger partial charge on any atom is -0.346 e. The summed E-state index contributed by atoms with van der Waals surface area (Å²) in [4.78, 5) is 31.0. The van der Waals surface area contributed by atoms with Crippen LogP contribution in [0, 0.1) is 0 Å². The number of rotatable bonds is 6. The molecule has 0 aliphatic rings. The van der Waals surface area contributed by atoms with Gasteiger partial charge >= 0.3 is 0 Å². The van der Waals surface area contributed by atoms with E-state index in [4.69, 9.17) is 0 Å². The summed E-state index contributed by atoms with van der Waals surface area (Å²) in [5, 5.41) is 11.7. The van der Waals surface area contributed by atoms with Gasteiger partial charge in [0.05, 0.1) is 42.2 Å². The van der Waals surface area contributed by atoms with Gasteiger partial charge in [-0.3, -0.25) is 14.2 Å². The van der Waals surface area contributed by atoms with Gasteiger partial charge in [-0.05, 0) is 17.7 Å².